The SMILES string of the molecule is Cc1cccnc1CN1CCC2(CC1)C(=O)N(c1ccc(-c3ccccc3)cc1N1C(=O)N(c3nccc(O)n3)C3(CCN(Cc4ncccc4C)CC3)C1=O)C(=O)N2c1nccc(O)n1. The summed E-state index contributed by atoms with van der Waals surface area (Å²) in [4.78, 5) is 96.7. The van der Waals surface area contributed by atoms with Gasteiger partial charge in [-0.05, 0) is 86.1 Å². The van der Waals surface area contributed by atoms with E-state index in [0.717, 1.165) is 37.9 Å². The molecule has 66 heavy (non-hydrogen) atoms. The molecule has 8 heterocycles. The first-order valence-electron chi connectivity index (χ1n) is 21.8. The average Bonchev–Trinajstić information content (AvgIpc) is 3.66. The number of hydrogen-bond acceptors (Lipinski definition) is 14. The summed E-state index contributed by atoms with van der Waals surface area (Å²) in [6, 6.07) is 23.0. The van der Waals surface area contributed by atoms with Crippen molar-refractivity contribution in [1.82, 2.24) is 39.7 Å². The predicted molar refractivity (Wildman–Crippen MR) is 242 cm³/mol. The van der Waals surface area contributed by atoms with E-state index in [1.54, 1.807) is 30.6 Å². The van der Waals surface area contributed by atoms with Crippen LogP contribution < -0.4 is 19.6 Å². The summed E-state index contributed by atoms with van der Waals surface area (Å²) in [5.41, 5.74) is 2.18. The van der Waals surface area contributed by atoms with Crippen LogP contribution in [0, 0.1) is 13.8 Å². The smallest absolute Gasteiger partial charge is 0.339 e. The summed E-state index contributed by atoms with van der Waals surface area (Å²) in [5, 5.41) is 21.1. The third kappa shape index (κ3) is 7.14. The van der Waals surface area contributed by atoms with Gasteiger partial charge in [0, 0.05) is 76.2 Å². The van der Waals surface area contributed by atoms with E-state index >= 15 is 19.2 Å². The lowest BCUT2D eigenvalue weighted by molar-refractivity contribution is -0.124. The van der Waals surface area contributed by atoms with Crippen molar-refractivity contribution in [3.8, 4) is 22.9 Å². The minimum atomic E-state index is -1.51. The predicted octanol–water partition coefficient (Wildman–Crippen LogP) is 5.77. The number of piperidine rings is 2. The van der Waals surface area contributed by atoms with E-state index in [1.807, 2.05) is 68.4 Å². The van der Waals surface area contributed by atoms with E-state index in [0.29, 0.717) is 44.8 Å². The maximum Gasteiger partial charge on any atom is 0.339 e. The molecule has 0 unspecified atom stereocenters. The topological polar surface area (TPSA) is 206 Å². The third-order valence-electron chi connectivity index (χ3n) is 13.4. The number of carbonyl (C=O) groups excluding carboxylic acids is 4. The Bertz CT molecular complexity index is 2880. The number of likely N-dealkylation sites (tertiary alicyclic amines) is 2. The molecule has 0 radical (unpaired) electrons. The third-order valence-corrected chi connectivity index (χ3v) is 13.4. The number of aromatic hydroxyl groups is 2. The van der Waals surface area contributed by atoms with Crippen molar-refractivity contribution >= 4 is 47.1 Å². The number of hydrogen-bond donors (Lipinski definition) is 2. The van der Waals surface area contributed by atoms with Gasteiger partial charge in [-0.1, -0.05) is 48.5 Å². The Balaban J connectivity index is 1.07. The second kappa shape index (κ2) is 16.7. The van der Waals surface area contributed by atoms with Gasteiger partial charge in [-0.15, -0.1) is 0 Å². The molecule has 4 fully saturated rings. The molecule has 0 saturated carbocycles. The second-order valence-electron chi connectivity index (χ2n) is 17.2. The van der Waals surface area contributed by atoms with Crippen molar-refractivity contribution in [2.45, 2.75) is 63.7 Å². The highest BCUT2D eigenvalue weighted by atomic mass is 16.3. The van der Waals surface area contributed by atoms with Gasteiger partial charge in [0.25, 0.3) is 11.8 Å². The van der Waals surface area contributed by atoms with Gasteiger partial charge < -0.3 is 10.2 Å². The highest BCUT2D eigenvalue weighted by molar-refractivity contribution is 6.35. The minimum absolute atomic E-state index is 0.0153. The molecule has 2 spiro atoms. The van der Waals surface area contributed by atoms with Gasteiger partial charge in [0.2, 0.25) is 23.7 Å². The number of imide groups is 2. The second-order valence-corrected chi connectivity index (χ2v) is 17.2. The van der Waals surface area contributed by atoms with Crippen LogP contribution in [0.2, 0.25) is 0 Å². The number of aryl methyl sites for hydroxylation is 2. The first-order chi connectivity index (χ1) is 32.0. The van der Waals surface area contributed by atoms with Crippen LogP contribution in [-0.2, 0) is 22.7 Å². The first-order valence-corrected chi connectivity index (χ1v) is 21.8. The zero-order valence-electron chi connectivity index (χ0n) is 36.4. The first kappa shape index (κ1) is 42.3. The normalized spacial score (nSPS) is 18.6. The van der Waals surface area contributed by atoms with Crippen LogP contribution in [-0.4, -0.2) is 111 Å². The van der Waals surface area contributed by atoms with E-state index in [-0.39, 0.29) is 54.8 Å². The van der Waals surface area contributed by atoms with Crippen LogP contribution in [0.25, 0.3) is 11.1 Å². The molecule has 4 saturated heterocycles. The van der Waals surface area contributed by atoms with E-state index in [4.69, 9.17) is 0 Å². The maximum atomic E-state index is 15.5. The number of rotatable bonds is 9. The molecule has 0 atom stereocenters. The molecule has 2 N–H and O–H groups in total. The van der Waals surface area contributed by atoms with Crippen molar-refractivity contribution in [1.29, 1.82) is 0 Å². The van der Waals surface area contributed by atoms with Crippen LogP contribution >= 0.6 is 0 Å². The summed E-state index contributed by atoms with van der Waals surface area (Å²) < 4.78 is 0. The van der Waals surface area contributed by atoms with Crippen molar-refractivity contribution in [2.24, 2.45) is 0 Å². The average molecular weight is 887 g/mol. The lowest BCUT2D eigenvalue weighted by Gasteiger charge is -2.41. The Morgan fingerprint density at radius 1 is 0.515 bits per heavy atom. The zero-order chi connectivity index (χ0) is 45.7. The molecule has 334 valence electrons. The molecule has 0 aliphatic carbocycles. The van der Waals surface area contributed by atoms with E-state index in [1.165, 1.54) is 34.3 Å². The molecule has 4 aliphatic heterocycles. The van der Waals surface area contributed by atoms with E-state index < -0.39 is 40.8 Å². The van der Waals surface area contributed by atoms with Gasteiger partial charge in [0.15, 0.2) is 0 Å². The molecular weight excluding hydrogens is 841 g/mol. The fraction of sp³-hybridized carbons (Fsp3) is 0.292. The van der Waals surface area contributed by atoms with Gasteiger partial charge in [0.1, 0.15) is 11.1 Å². The van der Waals surface area contributed by atoms with Crippen molar-refractivity contribution in [2.75, 3.05) is 45.8 Å². The minimum Gasteiger partial charge on any atom is -0.493 e. The maximum absolute atomic E-state index is 15.5. The highest BCUT2D eigenvalue weighted by Gasteiger charge is 2.63. The highest BCUT2D eigenvalue weighted by Crippen LogP contribution is 2.49. The van der Waals surface area contributed by atoms with Gasteiger partial charge in [0.05, 0.1) is 22.8 Å². The van der Waals surface area contributed by atoms with E-state index in [9.17, 15) is 10.2 Å². The van der Waals surface area contributed by atoms with Gasteiger partial charge in [-0.2, -0.15) is 9.97 Å². The summed E-state index contributed by atoms with van der Waals surface area (Å²) in [6.45, 7) is 6.65. The monoisotopic (exact) mass is 886 g/mol. The molecule has 18 nitrogen and oxygen atoms in total. The van der Waals surface area contributed by atoms with Crippen LogP contribution in [0.5, 0.6) is 11.8 Å². The summed E-state index contributed by atoms with van der Waals surface area (Å²) in [5.74, 6) is -2.31. The van der Waals surface area contributed by atoms with Crippen molar-refractivity contribution in [3.63, 3.8) is 0 Å². The Labute approximate surface area is 379 Å². The molecule has 4 aromatic heterocycles. The Morgan fingerprint density at radius 2 is 0.985 bits per heavy atom. The van der Waals surface area contributed by atoms with Crippen molar-refractivity contribution in [3.05, 3.63) is 132 Å². The summed E-state index contributed by atoms with van der Waals surface area (Å²) in [7, 11) is 0. The number of anilines is 4. The number of nitrogens with zero attached hydrogens (tertiary/aromatic N) is 12. The summed E-state index contributed by atoms with van der Waals surface area (Å²) in [6.07, 6.45) is 6.82. The van der Waals surface area contributed by atoms with Gasteiger partial charge in [-0.25, -0.2) is 39.2 Å². The fourth-order valence-corrected chi connectivity index (χ4v) is 9.75. The number of aromatic nitrogens is 6. The Morgan fingerprint density at radius 3 is 1.44 bits per heavy atom. The lowest BCUT2D eigenvalue weighted by Crippen LogP contribution is -2.57. The van der Waals surface area contributed by atoms with Crippen LogP contribution in [0.1, 0.15) is 48.2 Å². The largest absolute Gasteiger partial charge is 0.493 e. The van der Waals surface area contributed by atoms with Crippen molar-refractivity contribution < 1.29 is 29.4 Å². The lowest BCUT2D eigenvalue weighted by atomic mass is 9.85. The molecule has 4 aliphatic rings. The zero-order valence-corrected chi connectivity index (χ0v) is 36.4. The standard InChI is InChI=1S/C48H46N12O6/c1-31-8-6-20-49-35(31)29-55-24-16-47(17-25-55)41(63)57(45(65)59(47)43-51-22-14-39(61)53-43)37-13-12-34(33-10-4-3-5-11-33)28-38(37)58-42(64)48(60(46(58)66)44-52-23-15-40(62)54-44)18-26-56(27-19-48)30-36-32(2)9-7-21-50-36/h3-15,20-23,28H,16-19,24-27,29-30H2,1-2H3,(H,51,53,61)(H,52,54,62). The molecule has 6 amide bonds. The van der Waals surface area contributed by atoms with Crippen LogP contribution in [0.4, 0.5) is 32.9 Å². The quantitative estimate of drug-likeness (QED) is 0.166. The number of pyridine rings is 2. The number of carbonyl (C=O) groups is 4. The molecule has 0 bridgehead atoms. The van der Waals surface area contributed by atoms with Gasteiger partial charge >= 0.3 is 12.1 Å². The fourth-order valence-electron chi connectivity index (χ4n) is 9.75. The Kier molecular flexibility index (Phi) is 10.7. The number of benzene rings is 2. The molecular formula is C48H46N12O6. The molecule has 10 rings (SSSR count). The number of amides is 6. The summed E-state index contributed by atoms with van der Waals surface area (Å²) >= 11 is 0. The molecule has 2 aromatic carbocycles. The van der Waals surface area contributed by atoms with E-state index in [2.05, 4.69) is 39.7 Å². The molecule has 18 heteroatoms. The Hall–Kier alpha value is -7.70. The molecule has 6 aromatic rings. The number of urea groups is 2. The van der Waals surface area contributed by atoms with Crippen LogP contribution in [0.3, 0.4) is 0 Å². The van der Waals surface area contributed by atoms with Gasteiger partial charge in [-0.3, -0.25) is 29.4 Å². The van der Waals surface area contributed by atoms with Crippen LogP contribution in [0.15, 0.2) is 110 Å².